The van der Waals surface area contributed by atoms with Crippen LogP contribution in [0.3, 0.4) is 0 Å². The number of nitrogens with zero attached hydrogens (tertiary/aromatic N) is 2. The summed E-state index contributed by atoms with van der Waals surface area (Å²) in [6.45, 7) is 8.02. The average molecular weight is 374 g/mol. The van der Waals surface area contributed by atoms with E-state index in [9.17, 15) is 14.4 Å². The van der Waals surface area contributed by atoms with Crippen LogP contribution < -0.4 is 5.63 Å². The van der Waals surface area contributed by atoms with Crippen molar-refractivity contribution in [2.24, 2.45) is 5.92 Å². The first kappa shape index (κ1) is 19.6. The van der Waals surface area contributed by atoms with Crippen molar-refractivity contribution in [2.75, 3.05) is 26.2 Å². The highest BCUT2D eigenvalue weighted by atomic mass is 16.4. The third-order valence-electron chi connectivity index (χ3n) is 6.02. The number of aryl methyl sites for hydroxylation is 1. The van der Waals surface area contributed by atoms with Crippen molar-refractivity contribution in [3.05, 3.63) is 33.4 Å². The third kappa shape index (κ3) is 3.94. The lowest BCUT2D eigenvalue weighted by molar-refractivity contribution is -0.136. The molecule has 0 spiro atoms. The summed E-state index contributed by atoms with van der Waals surface area (Å²) in [5.41, 5.74) is 0.253. The predicted molar refractivity (Wildman–Crippen MR) is 103 cm³/mol. The van der Waals surface area contributed by atoms with Crippen molar-refractivity contribution in [3.63, 3.8) is 0 Å². The second-order valence-corrected chi connectivity index (χ2v) is 7.72. The summed E-state index contributed by atoms with van der Waals surface area (Å²) in [6, 6.07) is 1.85. The fourth-order valence-corrected chi connectivity index (χ4v) is 4.10. The summed E-state index contributed by atoms with van der Waals surface area (Å²) in [5.74, 6) is 0.615. The van der Waals surface area contributed by atoms with Crippen molar-refractivity contribution in [2.45, 2.75) is 58.8 Å². The molecule has 6 heteroatoms. The second kappa shape index (κ2) is 8.28. The highest BCUT2D eigenvalue weighted by Crippen LogP contribution is 2.36. The monoisotopic (exact) mass is 374 g/mol. The largest absolute Gasteiger partial charge is 0.427 e. The van der Waals surface area contributed by atoms with E-state index >= 15 is 0 Å². The van der Waals surface area contributed by atoms with E-state index in [0.717, 1.165) is 32.1 Å². The maximum atomic E-state index is 13.0. The van der Waals surface area contributed by atoms with Crippen LogP contribution >= 0.6 is 0 Å². The molecule has 0 N–H and O–H groups in total. The summed E-state index contributed by atoms with van der Waals surface area (Å²) >= 11 is 0. The molecule has 0 bridgehead atoms. The number of amides is 2. The lowest BCUT2D eigenvalue weighted by Gasteiger charge is -2.34. The van der Waals surface area contributed by atoms with Gasteiger partial charge in [0.15, 0.2) is 0 Å². The molecule has 2 fully saturated rings. The highest BCUT2D eigenvalue weighted by Gasteiger charge is 2.33. The molecule has 1 aliphatic carbocycles. The van der Waals surface area contributed by atoms with Crippen LogP contribution in [0, 0.1) is 12.8 Å². The van der Waals surface area contributed by atoms with E-state index in [4.69, 9.17) is 4.42 Å². The third-order valence-corrected chi connectivity index (χ3v) is 6.02. The van der Waals surface area contributed by atoms with Gasteiger partial charge < -0.3 is 14.2 Å². The van der Waals surface area contributed by atoms with Gasteiger partial charge in [0, 0.05) is 32.1 Å². The van der Waals surface area contributed by atoms with Crippen molar-refractivity contribution >= 4 is 11.8 Å². The normalized spacial score (nSPS) is 20.3. The van der Waals surface area contributed by atoms with Gasteiger partial charge in [-0.05, 0) is 58.1 Å². The van der Waals surface area contributed by atoms with Crippen LogP contribution in [0.1, 0.15) is 73.6 Å². The zero-order valence-electron chi connectivity index (χ0n) is 16.6. The Bertz CT molecular complexity index is 762. The number of hydrogen-bond acceptors (Lipinski definition) is 4. The van der Waals surface area contributed by atoms with E-state index in [0.29, 0.717) is 43.4 Å². The number of piperidine rings is 1. The second-order valence-electron chi connectivity index (χ2n) is 7.72. The summed E-state index contributed by atoms with van der Waals surface area (Å²) in [7, 11) is 0. The molecule has 2 aliphatic rings. The van der Waals surface area contributed by atoms with Crippen LogP contribution in [-0.2, 0) is 4.79 Å². The molecule has 1 unspecified atom stereocenters. The summed E-state index contributed by atoms with van der Waals surface area (Å²) in [6.07, 6.45) is 4.79. The molecule has 1 atom stereocenters. The maximum Gasteiger partial charge on any atom is 0.349 e. The highest BCUT2D eigenvalue weighted by molar-refractivity contribution is 5.95. The Morgan fingerprint density at radius 3 is 2.44 bits per heavy atom. The predicted octanol–water partition coefficient (Wildman–Crippen LogP) is 2.94. The Kier molecular flexibility index (Phi) is 6.02. The van der Waals surface area contributed by atoms with Crippen molar-refractivity contribution in [1.29, 1.82) is 0 Å². The molecular formula is C21H30N2O4. The molecule has 6 nitrogen and oxygen atoms in total. The van der Waals surface area contributed by atoms with Crippen molar-refractivity contribution in [1.82, 2.24) is 9.80 Å². The number of hydrogen-bond donors (Lipinski definition) is 0. The summed E-state index contributed by atoms with van der Waals surface area (Å²) < 4.78 is 5.47. The van der Waals surface area contributed by atoms with Gasteiger partial charge in [-0.3, -0.25) is 9.59 Å². The first-order valence-corrected chi connectivity index (χ1v) is 10.2. The minimum absolute atomic E-state index is 0.0987. The fourth-order valence-electron chi connectivity index (χ4n) is 4.10. The Labute approximate surface area is 160 Å². The lowest BCUT2D eigenvalue weighted by Crippen LogP contribution is -2.47. The Balaban J connectivity index is 1.77. The lowest BCUT2D eigenvalue weighted by atomic mass is 9.83. The SMILES string of the molecule is CCN(CC)C(=O)C1CCCN(C(=O)c2c(C)cc(C3CCC3)oc2=O)C1. The van der Waals surface area contributed by atoms with Gasteiger partial charge in [0.25, 0.3) is 5.91 Å². The Morgan fingerprint density at radius 1 is 1.19 bits per heavy atom. The quantitative estimate of drug-likeness (QED) is 0.794. The minimum Gasteiger partial charge on any atom is -0.427 e. The van der Waals surface area contributed by atoms with E-state index in [1.807, 2.05) is 24.8 Å². The molecule has 1 aromatic heterocycles. The van der Waals surface area contributed by atoms with E-state index < -0.39 is 5.63 Å². The Hall–Kier alpha value is -2.11. The van der Waals surface area contributed by atoms with E-state index in [1.165, 1.54) is 0 Å². The molecule has 1 saturated heterocycles. The first-order valence-electron chi connectivity index (χ1n) is 10.2. The van der Waals surface area contributed by atoms with E-state index in [-0.39, 0.29) is 23.3 Å². The number of likely N-dealkylation sites (tertiary alicyclic amines) is 1. The Morgan fingerprint density at radius 2 is 1.89 bits per heavy atom. The van der Waals surface area contributed by atoms with Gasteiger partial charge in [0.1, 0.15) is 11.3 Å². The van der Waals surface area contributed by atoms with Gasteiger partial charge in [0.2, 0.25) is 5.91 Å². The van der Waals surface area contributed by atoms with Crippen LogP contribution in [-0.4, -0.2) is 47.8 Å². The smallest absolute Gasteiger partial charge is 0.349 e. The molecule has 1 saturated carbocycles. The average Bonchev–Trinajstić information content (AvgIpc) is 2.60. The topological polar surface area (TPSA) is 70.8 Å². The molecule has 0 aromatic carbocycles. The molecule has 2 amide bonds. The number of rotatable bonds is 5. The van der Waals surface area contributed by atoms with Gasteiger partial charge in [-0.15, -0.1) is 0 Å². The molecule has 3 rings (SSSR count). The van der Waals surface area contributed by atoms with Crippen LogP contribution in [0.5, 0.6) is 0 Å². The molecule has 2 heterocycles. The summed E-state index contributed by atoms with van der Waals surface area (Å²) in [5, 5.41) is 0. The molecule has 1 aliphatic heterocycles. The van der Waals surface area contributed by atoms with Gasteiger partial charge in [-0.2, -0.15) is 0 Å². The first-order chi connectivity index (χ1) is 13.0. The molecule has 148 valence electrons. The zero-order valence-corrected chi connectivity index (χ0v) is 16.6. The minimum atomic E-state index is -0.543. The van der Waals surface area contributed by atoms with Crippen LogP contribution in [0.4, 0.5) is 0 Å². The number of carbonyl (C=O) groups excluding carboxylic acids is 2. The maximum absolute atomic E-state index is 13.0. The fraction of sp³-hybridized carbons (Fsp3) is 0.667. The zero-order chi connectivity index (χ0) is 19.6. The van der Waals surface area contributed by atoms with E-state index in [2.05, 4.69) is 0 Å². The van der Waals surface area contributed by atoms with E-state index in [1.54, 1.807) is 11.8 Å². The number of carbonyl (C=O) groups is 2. The van der Waals surface area contributed by atoms with Gasteiger partial charge in [0.05, 0.1) is 5.92 Å². The van der Waals surface area contributed by atoms with Crippen molar-refractivity contribution in [3.8, 4) is 0 Å². The van der Waals surface area contributed by atoms with Crippen LogP contribution in [0.25, 0.3) is 0 Å². The standard InChI is InChI=1S/C21H30N2O4/c1-4-22(5-2)19(24)16-10-7-11-23(13-16)20(25)18-14(3)12-17(27-21(18)26)15-8-6-9-15/h12,15-16H,4-11,13H2,1-3H3. The molecule has 1 aromatic rings. The van der Waals surface area contributed by atoms with Gasteiger partial charge in [-0.25, -0.2) is 4.79 Å². The summed E-state index contributed by atoms with van der Waals surface area (Å²) in [4.78, 5) is 41.7. The molecule has 0 radical (unpaired) electrons. The molecule has 27 heavy (non-hydrogen) atoms. The van der Waals surface area contributed by atoms with Crippen molar-refractivity contribution < 1.29 is 14.0 Å². The van der Waals surface area contributed by atoms with Crippen LogP contribution in [0.15, 0.2) is 15.3 Å². The molecular weight excluding hydrogens is 344 g/mol. The van der Waals surface area contributed by atoms with Gasteiger partial charge >= 0.3 is 5.63 Å². The van der Waals surface area contributed by atoms with Crippen LogP contribution in [0.2, 0.25) is 0 Å². The van der Waals surface area contributed by atoms with Gasteiger partial charge in [-0.1, -0.05) is 6.42 Å².